The quantitative estimate of drug-likeness (QED) is 0.458. The standard InChI is InChI=1S/C18H24O4/c1-3-4-13-21-16(19)18-12-6-5-11-17(18,22-18)14-7-9-15(20-2)10-8-14/h7-10H,3-6,11-13H2,1-2H3. The molecule has 1 aliphatic heterocycles. The Morgan fingerprint density at radius 1 is 1.23 bits per heavy atom. The van der Waals surface area contributed by atoms with Crippen molar-refractivity contribution in [3.05, 3.63) is 29.8 Å². The summed E-state index contributed by atoms with van der Waals surface area (Å²) in [7, 11) is 1.65. The van der Waals surface area contributed by atoms with Crippen LogP contribution < -0.4 is 4.74 Å². The van der Waals surface area contributed by atoms with Gasteiger partial charge in [-0.05, 0) is 49.8 Å². The minimum absolute atomic E-state index is 0.184. The van der Waals surface area contributed by atoms with Gasteiger partial charge in [0.1, 0.15) is 11.4 Å². The van der Waals surface area contributed by atoms with E-state index in [1.807, 2.05) is 24.3 Å². The molecule has 2 aliphatic rings. The van der Waals surface area contributed by atoms with Crippen molar-refractivity contribution in [2.45, 2.75) is 56.7 Å². The molecule has 1 aromatic carbocycles. The van der Waals surface area contributed by atoms with Crippen molar-refractivity contribution in [2.24, 2.45) is 0 Å². The molecule has 4 nitrogen and oxygen atoms in total. The fourth-order valence-corrected chi connectivity index (χ4v) is 3.56. The van der Waals surface area contributed by atoms with Gasteiger partial charge in [-0.25, -0.2) is 4.79 Å². The zero-order chi connectivity index (χ0) is 15.6. The maximum absolute atomic E-state index is 12.6. The van der Waals surface area contributed by atoms with Gasteiger partial charge in [-0.1, -0.05) is 25.5 Å². The van der Waals surface area contributed by atoms with Crippen LogP contribution >= 0.6 is 0 Å². The van der Waals surface area contributed by atoms with Crippen LogP contribution in [0.4, 0.5) is 0 Å². The van der Waals surface area contributed by atoms with E-state index in [0.717, 1.165) is 49.8 Å². The van der Waals surface area contributed by atoms with E-state index in [1.54, 1.807) is 7.11 Å². The Labute approximate surface area is 131 Å². The number of hydrogen-bond donors (Lipinski definition) is 0. The lowest BCUT2D eigenvalue weighted by Crippen LogP contribution is -2.37. The number of unbranched alkanes of at least 4 members (excludes halogenated alkanes) is 1. The Morgan fingerprint density at radius 2 is 1.95 bits per heavy atom. The predicted octanol–water partition coefficient (Wildman–Crippen LogP) is 3.58. The first-order valence-electron chi connectivity index (χ1n) is 8.20. The maximum atomic E-state index is 12.6. The molecule has 0 amide bonds. The largest absolute Gasteiger partial charge is 0.497 e. The highest BCUT2D eigenvalue weighted by molar-refractivity contribution is 5.85. The number of benzene rings is 1. The van der Waals surface area contributed by atoms with Crippen molar-refractivity contribution in [3.63, 3.8) is 0 Å². The molecule has 1 saturated carbocycles. The topological polar surface area (TPSA) is 48.1 Å². The smallest absolute Gasteiger partial charge is 0.341 e. The molecule has 2 unspecified atom stereocenters. The molecule has 0 bridgehead atoms. The van der Waals surface area contributed by atoms with Gasteiger partial charge < -0.3 is 14.2 Å². The van der Waals surface area contributed by atoms with Crippen molar-refractivity contribution in [3.8, 4) is 5.75 Å². The van der Waals surface area contributed by atoms with Crippen LogP contribution in [0.15, 0.2) is 24.3 Å². The molecule has 1 aromatic rings. The molecule has 2 fully saturated rings. The third kappa shape index (κ3) is 2.30. The van der Waals surface area contributed by atoms with Gasteiger partial charge in [-0.15, -0.1) is 0 Å². The summed E-state index contributed by atoms with van der Waals surface area (Å²) in [4.78, 5) is 12.6. The number of rotatable bonds is 6. The third-order valence-electron chi connectivity index (χ3n) is 4.88. The highest BCUT2D eigenvalue weighted by Gasteiger charge is 2.76. The number of fused-ring (bicyclic) bond motifs is 1. The molecule has 0 radical (unpaired) electrons. The fraction of sp³-hybridized carbons (Fsp3) is 0.611. The molecule has 1 aliphatic carbocycles. The molecule has 0 aromatic heterocycles. The van der Waals surface area contributed by atoms with Crippen LogP contribution in [0.3, 0.4) is 0 Å². The number of esters is 1. The summed E-state index contributed by atoms with van der Waals surface area (Å²) in [5.74, 6) is 0.629. The van der Waals surface area contributed by atoms with Crippen LogP contribution in [0.1, 0.15) is 51.0 Å². The van der Waals surface area contributed by atoms with E-state index in [-0.39, 0.29) is 5.97 Å². The second-order valence-electron chi connectivity index (χ2n) is 6.18. The SMILES string of the molecule is CCCCOC(=O)C12CCCCC1(c1ccc(OC)cc1)O2. The first kappa shape index (κ1) is 15.3. The number of carbonyl (C=O) groups excluding carboxylic acids is 1. The average molecular weight is 304 g/mol. The van der Waals surface area contributed by atoms with Crippen molar-refractivity contribution < 1.29 is 19.0 Å². The van der Waals surface area contributed by atoms with Crippen LogP contribution in [0.25, 0.3) is 0 Å². The van der Waals surface area contributed by atoms with Crippen molar-refractivity contribution >= 4 is 5.97 Å². The summed E-state index contributed by atoms with van der Waals surface area (Å²) in [6.45, 7) is 2.57. The fourth-order valence-electron chi connectivity index (χ4n) is 3.56. The van der Waals surface area contributed by atoms with Gasteiger partial charge in [-0.3, -0.25) is 0 Å². The van der Waals surface area contributed by atoms with Crippen LogP contribution in [0, 0.1) is 0 Å². The molecule has 1 saturated heterocycles. The number of ether oxygens (including phenoxy) is 3. The summed E-state index contributed by atoms with van der Waals surface area (Å²) in [6, 6.07) is 7.86. The molecular formula is C18H24O4. The van der Waals surface area contributed by atoms with Gasteiger partial charge >= 0.3 is 5.97 Å². The van der Waals surface area contributed by atoms with Gasteiger partial charge in [0.2, 0.25) is 0 Å². The summed E-state index contributed by atoms with van der Waals surface area (Å²) < 4.78 is 16.8. The van der Waals surface area contributed by atoms with Gasteiger partial charge in [0.05, 0.1) is 13.7 Å². The monoisotopic (exact) mass is 304 g/mol. The summed E-state index contributed by atoms with van der Waals surface area (Å²) >= 11 is 0. The van der Waals surface area contributed by atoms with E-state index in [1.165, 1.54) is 0 Å². The highest BCUT2D eigenvalue weighted by Crippen LogP contribution is 2.64. The average Bonchev–Trinajstić information content (AvgIpc) is 3.27. The Hall–Kier alpha value is -1.55. The number of methoxy groups -OCH3 is 1. The van der Waals surface area contributed by atoms with E-state index < -0.39 is 11.2 Å². The number of carbonyl (C=O) groups is 1. The molecule has 0 spiro atoms. The zero-order valence-corrected chi connectivity index (χ0v) is 13.4. The Bertz CT molecular complexity index is 539. The van der Waals surface area contributed by atoms with Gasteiger partial charge in [0.15, 0.2) is 5.60 Å². The van der Waals surface area contributed by atoms with E-state index in [2.05, 4.69) is 6.92 Å². The van der Waals surface area contributed by atoms with Gasteiger partial charge in [0, 0.05) is 0 Å². The second kappa shape index (κ2) is 5.92. The molecule has 2 atom stereocenters. The molecule has 3 rings (SSSR count). The first-order chi connectivity index (χ1) is 10.7. The minimum atomic E-state index is -0.756. The lowest BCUT2D eigenvalue weighted by molar-refractivity contribution is -0.150. The van der Waals surface area contributed by atoms with E-state index in [9.17, 15) is 4.79 Å². The first-order valence-corrected chi connectivity index (χ1v) is 8.20. The third-order valence-corrected chi connectivity index (χ3v) is 4.88. The van der Waals surface area contributed by atoms with E-state index in [0.29, 0.717) is 6.61 Å². The zero-order valence-electron chi connectivity index (χ0n) is 13.4. The molecule has 1 heterocycles. The normalized spacial score (nSPS) is 29.5. The summed E-state index contributed by atoms with van der Waals surface area (Å²) in [5, 5.41) is 0. The van der Waals surface area contributed by atoms with Crippen molar-refractivity contribution in [1.82, 2.24) is 0 Å². The second-order valence-corrected chi connectivity index (χ2v) is 6.18. The predicted molar refractivity (Wildman–Crippen MR) is 82.8 cm³/mol. The van der Waals surface area contributed by atoms with Crippen LogP contribution in [0.2, 0.25) is 0 Å². The molecule has 22 heavy (non-hydrogen) atoms. The van der Waals surface area contributed by atoms with E-state index >= 15 is 0 Å². The number of hydrogen-bond acceptors (Lipinski definition) is 4. The molecular weight excluding hydrogens is 280 g/mol. The van der Waals surface area contributed by atoms with Crippen molar-refractivity contribution in [2.75, 3.05) is 13.7 Å². The number of epoxide rings is 1. The summed E-state index contributed by atoms with van der Waals surface area (Å²) in [6.07, 6.45) is 5.64. The minimum Gasteiger partial charge on any atom is -0.497 e. The lowest BCUT2D eigenvalue weighted by atomic mass is 9.75. The highest BCUT2D eigenvalue weighted by atomic mass is 16.7. The Balaban J connectivity index is 1.80. The van der Waals surface area contributed by atoms with E-state index in [4.69, 9.17) is 14.2 Å². The Kier molecular flexibility index (Phi) is 4.13. The van der Waals surface area contributed by atoms with Crippen LogP contribution in [-0.2, 0) is 19.9 Å². The Morgan fingerprint density at radius 3 is 2.64 bits per heavy atom. The van der Waals surface area contributed by atoms with Crippen molar-refractivity contribution in [1.29, 1.82) is 0 Å². The molecule has 4 heteroatoms. The summed E-state index contributed by atoms with van der Waals surface area (Å²) in [5.41, 5.74) is -0.186. The molecule has 0 N–H and O–H groups in total. The maximum Gasteiger partial charge on any atom is 0.341 e. The van der Waals surface area contributed by atoms with Crippen LogP contribution in [-0.4, -0.2) is 25.3 Å². The van der Waals surface area contributed by atoms with Gasteiger partial charge in [-0.2, -0.15) is 0 Å². The lowest BCUT2D eigenvalue weighted by Gasteiger charge is -2.24. The van der Waals surface area contributed by atoms with Crippen LogP contribution in [0.5, 0.6) is 5.75 Å². The van der Waals surface area contributed by atoms with Gasteiger partial charge in [0.25, 0.3) is 0 Å². The molecule has 120 valence electrons.